The Balaban J connectivity index is 1.97. The number of amides is 2. The van der Waals surface area contributed by atoms with E-state index in [9.17, 15) is 19.2 Å². The van der Waals surface area contributed by atoms with Crippen LogP contribution >= 0.6 is 0 Å². The fourth-order valence-electron chi connectivity index (χ4n) is 4.07. The minimum atomic E-state index is -0.573. The lowest BCUT2D eigenvalue weighted by molar-refractivity contribution is -0.135. The molecule has 0 aliphatic carbocycles. The Labute approximate surface area is 155 Å². The summed E-state index contributed by atoms with van der Waals surface area (Å²) in [6.07, 6.45) is 7.46. The molecule has 0 bridgehead atoms. The third-order valence-corrected chi connectivity index (χ3v) is 5.71. The van der Waals surface area contributed by atoms with Crippen molar-refractivity contribution in [3.05, 3.63) is 0 Å². The summed E-state index contributed by atoms with van der Waals surface area (Å²) in [5.41, 5.74) is 0. The first-order valence-corrected chi connectivity index (χ1v) is 10.1. The fraction of sp³-hybridized carbons (Fsp3) is 0.800. The Morgan fingerprint density at radius 2 is 1.69 bits per heavy atom. The van der Waals surface area contributed by atoms with Crippen LogP contribution in [0.15, 0.2) is 0 Å². The summed E-state index contributed by atoms with van der Waals surface area (Å²) in [5, 5.41) is 5.79. The zero-order valence-electron chi connectivity index (χ0n) is 16.0. The van der Waals surface area contributed by atoms with E-state index < -0.39 is 12.0 Å². The standard InChI is InChI=1S/C20H32N2O4/c1-3-4-5-12-18(24)15-9-7-11-17(22-20(15)26)14-8-6-10-16(13(2)23)21-19(14)25/h14-17H,3-12H2,1-2H3,(H,21,25)(H,22,26). The van der Waals surface area contributed by atoms with Gasteiger partial charge in [0, 0.05) is 12.5 Å². The Morgan fingerprint density at radius 1 is 0.962 bits per heavy atom. The van der Waals surface area contributed by atoms with Gasteiger partial charge in [-0.15, -0.1) is 0 Å². The zero-order valence-corrected chi connectivity index (χ0v) is 16.0. The largest absolute Gasteiger partial charge is 0.352 e. The van der Waals surface area contributed by atoms with Crippen LogP contribution < -0.4 is 10.6 Å². The van der Waals surface area contributed by atoms with Gasteiger partial charge in [-0.05, 0) is 39.0 Å². The average Bonchev–Trinajstić information content (AvgIpc) is 2.90. The molecular weight excluding hydrogens is 332 g/mol. The second-order valence-electron chi connectivity index (χ2n) is 7.73. The van der Waals surface area contributed by atoms with Crippen LogP contribution in [0.2, 0.25) is 0 Å². The molecule has 2 rings (SSSR count). The maximum absolute atomic E-state index is 12.6. The minimum Gasteiger partial charge on any atom is -0.352 e. The molecule has 146 valence electrons. The van der Waals surface area contributed by atoms with E-state index in [1.54, 1.807) is 0 Å². The van der Waals surface area contributed by atoms with Gasteiger partial charge < -0.3 is 10.6 Å². The number of carbonyl (C=O) groups is 4. The molecule has 2 saturated heterocycles. The van der Waals surface area contributed by atoms with Crippen molar-refractivity contribution in [1.29, 1.82) is 0 Å². The maximum atomic E-state index is 12.6. The highest BCUT2D eigenvalue weighted by molar-refractivity contribution is 6.01. The molecule has 0 aromatic heterocycles. The predicted molar refractivity (Wildman–Crippen MR) is 98.4 cm³/mol. The number of nitrogens with one attached hydrogen (secondary N) is 2. The van der Waals surface area contributed by atoms with E-state index in [1.165, 1.54) is 6.92 Å². The van der Waals surface area contributed by atoms with Gasteiger partial charge in [-0.3, -0.25) is 19.2 Å². The first-order chi connectivity index (χ1) is 12.4. The van der Waals surface area contributed by atoms with E-state index in [0.717, 1.165) is 32.1 Å². The van der Waals surface area contributed by atoms with Crippen LogP contribution in [0.5, 0.6) is 0 Å². The molecule has 0 radical (unpaired) electrons. The maximum Gasteiger partial charge on any atom is 0.230 e. The van der Waals surface area contributed by atoms with Gasteiger partial charge in [0.05, 0.1) is 17.9 Å². The number of carbonyl (C=O) groups excluding carboxylic acids is 4. The Bertz CT molecular complexity index is 546. The number of hydrogen-bond donors (Lipinski definition) is 2. The van der Waals surface area contributed by atoms with Gasteiger partial charge in [0.15, 0.2) is 5.78 Å². The molecule has 6 nitrogen and oxygen atoms in total. The van der Waals surface area contributed by atoms with Crippen LogP contribution in [-0.2, 0) is 19.2 Å². The van der Waals surface area contributed by atoms with E-state index in [-0.39, 0.29) is 35.3 Å². The van der Waals surface area contributed by atoms with Gasteiger partial charge in [0.25, 0.3) is 0 Å². The monoisotopic (exact) mass is 364 g/mol. The summed E-state index contributed by atoms with van der Waals surface area (Å²) < 4.78 is 0. The van der Waals surface area contributed by atoms with Crippen molar-refractivity contribution in [3.63, 3.8) is 0 Å². The van der Waals surface area contributed by atoms with Crippen molar-refractivity contribution >= 4 is 23.4 Å². The molecule has 0 spiro atoms. The fourth-order valence-corrected chi connectivity index (χ4v) is 4.07. The minimum absolute atomic E-state index is 0.0263. The van der Waals surface area contributed by atoms with E-state index in [4.69, 9.17) is 0 Å². The number of Topliss-reactive ketones (excluding diaryl/α,β-unsaturated/α-hetero) is 2. The first-order valence-electron chi connectivity index (χ1n) is 10.1. The number of ketones is 2. The van der Waals surface area contributed by atoms with Gasteiger partial charge in [-0.1, -0.05) is 32.6 Å². The van der Waals surface area contributed by atoms with Crippen molar-refractivity contribution in [3.8, 4) is 0 Å². The molecular formula is C20H32N2O4. The summed E-state index contributed by atoms with van der Waals surface area (Å²) in [4.78, 5) is 49.1. The van der Waals surface area contributed by atoms with E-state index in [2.05, 4.69) is 17.6 Å². The molecule has 2 aliphatic rings. The number of rotatable bonds is 7. The predicted octanol–water partition coefficient (Wildman–Crippen LogP) is 2.29. The average molecular weight is 364 g/mol. The van der Waals surface area contributed by atoms with Crippen LogP contribution in [0.4, 0.5) is 0 Å². The van der Waals surface area contributed by atoms with Gasteiger partial charge in [0.1, 0.15) is 5.78 Å². The van der Waals surface area contributed by atoms with Crippen molar-refractivity contribution in [2.45, 2.75) is 90.1 Å². The van der Waals surface area contributed by atoms with Gasteiger partial charge >= 0.3 is 0 Å². The number of hydrogen-bond acceptors (Lipinski definition) is 4. The van der Waals surface area contributed by atoms with Crippen LogP contribution in [0.1, 0.15) is 78.1 Å². The lowest BCUT2D eigenvalue weighted by Crippen LogP contribution is -2.49. The quantitative estimate of drug-likeness (QED) is 0.535. The third-order valence-electron chi connectivity index (χ3n) is 5.71. The molecule has 4 unspecified atom stereocenters. The van der Waals surface area contributed by atoms with Crippen LogP contribution in [0.25, 0.3) is 0 Å². The molecule has 4 atom stereocenters. The van der Waals surface area contributed by atoms with Gasteiger partial charge in [-0.2, -0.15) is 0 Å². The summed E-state index contributed by atoms with van der Waals surface area (Å²) in [5.74, 6) is -1.28. The molecule has 0 aromatic carbocycles. The smallest absolute Gasteiger partial charge is 0.230 e. The summed E-state index contributed by atoms with van der Waals surface area (Å²) in [6.45, 7) is 3.58. The van der Waals surface area contributed by atoms with Gasteiger partial charge in [-0.25, -0.2) is 0 Å². The van der Waals surface area contributed by atoms with Crippen molar-refractivity contribution < 1.29 is 19.2 Å². The molecule has 26 heavy (non-hydrogen) atoms. The third kappa shape index (κ3) is 5.39. The lowest BCUT2D eigenvalue weighted by atomic mass is 9.90. The molecule has 6 heteroatoms. The second-order valence-corrected chi connectivity index (χ2v) is 7.73. The molecule has 2 amide bonds. The van der Waals surface area contributed by atoms with Crippen LogP contribution in [0.3, 0.4) is 0 Å². The molecule has 0 saturated carbocycles. The lowest BCUT2D eigenvalue weighted by Gasteiger charge is -2.25. The van der Waals surface area contributed by atoms with Crippen molar-refractivity contribution in [2.24, 2.45) is 11.8 Å². The Kier molecular flexibility index (Phi) is 7.79. The Hall–Kier alpha value is -1.72. The van der Waals surface area contributed by atoms with E-state index in [0.29, 0.717) is 32.1 Å². The Morgan fingerprint density at radius 3 is 2.38 bits per heavy atom. The SMILES string of the molecule is CCCCCC(=O)C1CCCC(C2CCCC(C(C)=O)NC2=O)NC1=O. The van der Waals surface area contributed by atoms with Crippen LogP contribution in [0, 0.1) is 11.8 Å². The number of unbranched alkanes of at least 4 members (excludes halogenated alkanes) is 2. The van der Waals surface area contributed by atoms with Crippen molar-refractivity contribution in [1.82, 2.24) is 10.6 Å². The van der Waals surface area contributed by atoms with E-state index >= 15 is 0 Å². The molecule has 2 N–H and O–H groups in total. The molecule has 0 aromatic rings. The van der Waals surface area contributed by atoms with E-state index in [1.807, 2.05) is 0 Å². The highest BCUT2D eigenvalue weighted by atomic mass is 16.2. The highest BCUT2D eigenvalue weighted by Gasteiger charge is 2.37. The van der Waals surface area contributed by atoms with Crippen molar-refractivity contribution in [2.75, 3.05) is 0 Å². The summed E-state index contributed by atoms with van der Waals surface area (Å²) in [7, 11) is 0. The van der Waals surface area contributed by atoms with Crippen LogP contribution in [-0.4, -0.2) is 35.5 Å². The van der Waals surface area contributed by atoms with Gasteiger partial charge in [0.2, 0.25) is 11.8 Å². The zero-order chi connectivity index (χ0) is 19.1. The summed E-state index contributed by atoms with van der Waals surface area (Å²) >= 11 is 0. The molecule has 2 heterocycles. The highest BCUT2D eigenvalue weighted by Crippen LogP contribution is 2.26. The topological polar surface area (TPSA) is 92.3 Å². The first kappa shape index (κ1) is 20.6. The summed E-state index contributed by atoms with van der Waals surface area (Å²) in [6, 6.07) is -0.663. The second kappa shape index (κ2) is 9.83. The normalized spacial score (nSPS) is 29.9. The molecule has 2 fully saturated rings. The molecule has 2 aliphatic heterocycles.